The van der Waals surface area contributed by atoms with Gasteiger partial charge in [-0.15, -0.1) is 0 Å². The maximum Gasteiger partial charge on any atom is 0.310 e. The molecule has 1 N–H and O–H groups in total. The first-order chi connectivity index (χ1) is 8.79. The number of methoxy groups -OCH3 is 1. The third kappa shape index (κ3) is 2.18. The van der Waals surface area contributed by atoms with Gasteiger partial charge in [0, 0.05) is 12.1 Å². The van der Waals surface area contributed by atoms with Crippen LogP contribution in [0.5, 0.6) is 0 Å². The zero-order chi connectivity index (χ0) is 12.5. The molecule has 4 unspecified atom stereocenters. The molecule has 2 aliphatic heterocycles. The molecule has 3 rings (SSSR count). The van der Waals surface area contributed by atoms with Crippen LogP contribution < -0.4 is 5.32 Å². The molecule has 0 aromatic heterocycles. The highest BCUT2D eigenvalue weighted by atomic mass is 16.5. The van der Waals surface area contributed by atoms with Crippen molar-refractivity contribution in [2.75, 3.05) is 7.11 Å². The lowest BCUT2D eigenvalue weighted by molar-refractivity contribution is -0.151. The molecule has 4 atom stereocenters. The Morgan fingerprint density at radius 1 is 1.11 bits per heavy atom. The molecule has 3 nitrogen and oxygen atoms in total. The number of piperidine rings is 1. The van der Waals surface area contributed by atoms with Crippen LogP contribution in [0.4, 0.5) is 0 Å². The van der Waals surface area contributed by atoms with Crippen molar-refractivity contribution in [3.8, 4) is 0 Å². The van der Waals surface area contributed by atoms with E-state index in [0.29, 0.717) is 18.0 Å². The van der Waals surface area contributed by atoms with E-state index in [-0.39, 0.29) is 11.9 Å². The molecule has 3 aliphatic rings. The molecule has 2 heterocycles. The zero-order valence-corrected chi connectivity index (χ0v) is 11.4. The summed E-state index contributed by atoms with van der Waals surface area (Å²) in [6, 6.07) is 1.06. The molecule has 0 amide bonds. The van der Waals surface area contributed by atoms with Crippen LogP contribution in [0, 0.1) is 17.8 Å². The summed E-state index contributed by atoms with van der Waals surface area (Å²) in [6.45, 7) is 0. The van der Waals surface area contributed by atoms with Gasteiger partial charge < -0.3 is 10.1 Å². The van der Waals surface area contributed by atoms with Gasteiger partial charge in [0.05, 0.1) is 13.0 Å². The van der Waals surface area contributed by atoms with Crippen LogP contribution in [-0.4, -0.2) is 25.2 Å². The fraction of sp³-hybridized carbons (Fsp3) is 0.933. The monoisotopic (exact) mass is 251 g/mol. The van der Waals surface area contributed by atoms with Crippen LogP contribution in [0.25, 0.3) is 0 Å². The average molecular weight is 251 g/mol. The highest BCUT2D eigenvalue weighted by Gasteiger charge is 2.48. The van der Waals surface area contributed by atoms with Crippen LogP contribution in [-0.2, 0) is 9.53 Å². The molecule has 3 heteroatoms. The van der Waals surface area contributed by atoms with Gasteiger partial charge in [0.25, 0.3) is 0 Å². The van der Waals surface area contributed by atoms with Crippen molar-refractivity contribution in [1.82, 2.24) is 5.32 Å². The summed E-state index contributed by atoms with van der Waals surface area (Å²) >= 11 is 0. The van der Waals surface area contributed by atoms with Gasteiger partial charge in [-0.1, -0.05) is 32.1 Å². The summed E-state index contributed by atoms with van der Waals surface area (Å²) in [5.74, 6) is 1.50. The smallest absolute Gasteiger partial charge is 0.310 e. The van der Waals surface area contributed by atoms with Crippen molar-refractivity contribution >= 4 is 5.97 Å². The summed E-state index contributed by atoms with van der Waals surface area (Å²) in [4.78, 5) is 12.1. The molecule has 0 radical (unpaired) electrons. The number of hydrogen-bond donors (Lipinski definition) is 1. The number of hydrogen-bond acceptors (Lipinski definition) is 3. The summed E-state index contributed by atoms with van der Waals surface area (Å²) in [5, 5.41) is 3.62. The van der Waals surface area contributed by atoms with Crippen LogP contribution in [0.2, 0.25) is 0 Å². The number of nitrogens with one attached hydrogen (secondary N) is 1. The van der Waals surface area contributed by atoms with Gasteiger partial charge in [-0.3, -0.25) is 4.79 Å². The molecule has 0 spiro atoms. The van der Waals surface area contributed by atoms with Crippen LogP contribution in [0.15, 0.2) is 0 Å². The molecule has 0 aromatic carbocycles. The first kappa shape index (κ1) is 12.5. The molecule has 3 fully saturated rings. The minimum atomic E-state index is 0.0309. The predicted molar refractivity (Wildman–Crippen MR) is 70.1 cm³/mol. The Hall–Kier alpha value is -0.570. The normalized spacial score (nSPS) is 40.7. The summed E-state index contributed by atoms with van der Waals surface area (Å²) in [5.41, 5.74) is 0. The molecule has 1 saturated carbocycles. The van der Waals surface area contributed by atoms with Crippen molar-refractivity contribution in [2.24, 2.45) is 17.8 Å². The zero-order valence-electron chi connectivity index (χ0n) is 11.4. The summed E-state index contributed by atoms with van der Waals surface area (Å²) in [7, 11) is 1.54. The molecular weight excluding hydrogens is 226 g/mol. The Labute approximate surface area is 110 Å². The minimum absolute atomic E-state index is 0.0309. The lowest BCUT2D eigenvalue weighted by atomic mass is 9.69. The second-order valence-corrected chi connectivity index (χ2v) is 6.39. The highest BCUT2D eigenvalue weighted by molar-refractivity contribution is 5.74. The second kappa shape index (κ2) is 5.20. The number of rotatable bonds is 2. The van der Waals surface area contributed by atoms with Crippen molar-refractivity contribution in [3.05, 3.63) is 0 Å². The van der Waals surface area contributed by atoms with E-state index in [9.17, 15) is 4.79 Å². The fourth-order valence-electron chi connectivity index (χ4n) is 4.62. The maximum atomic E-state index is 12.1. The van der Waals surface area contributed by atoms with Crippen molar-refractivity contribution in [1.29, 1.82) is 0 Å². The van der Waals surface area contributed by atoms with Crippen molar-refractivity contribution < 1.29 is 9.53 Å². The van der Waals surface area contributed by atoms with Gasteiger partial charge in [-0.2, -0.15) is 0 Å². The van der Waals surface area contributed by atoms with E-state index < -0.39 is 0 Å². The first-order valence-corrected chi connectivity index (χ1v) is 7.63. The van der Waals surface area contributed by atoms with Crippen molar-refractivity contribution in [3.63, 3.8) is 0 Å². The Kier molecular flexibility index (Phi) is 3.60. The molecule has 1 aliphatic carbocycles. The SMILES string of the molecule is COC(=O)C1C2CCC(CC1C1CCCCC1)N2. The Bertz CT molecular complexity index is 312. The van der Waals surface area contributed by atoms with Crippen LogP contribution >= 0.6 is 0 Å². The number of fused-ring (bicyclic) bond motifs is 2. The van der Waals surface area contributed by atoms with Gasteiger partial charge in [0.2, 0.25) is 0 Å². The Morgan fingerprint density at radius 2 is 1.89 bits per heavy atom. The van der Waals surface area contributed by atoms with Gasteiger partial charge >= 0.3 is 5.97 Å². The van der Waals surface area contributed by atoms with E-state index in [1.165, 1.54) is 44.9 Å². The van der Waals surface area contributed by atoms with E-state index >= 15 is 0 Å². The van der Waals surface area contributed by atoms with E-state index in [1.807, 2.05) is 0 Å². The van der Waals surface area contributed by atoms with E-state index in [1.54, 1.807) is 7.11 Å². The molecule has 0 aromatic rings. The highest BCUT2D eigenvalue weighted by Crippen LogP contribution is 2.44. The van der Waals surface area contributed by atoms with E-state index in [4.69, 9.17) is 4.74 Å². The standard InChI is InChI=1S/C15H25NO2/c1-18-15(17)14-12(10-5-3-2-4-6-10)9-11-7-8-13(14)16-11/h10-14,16H,2-9H2,1H3. The quantitative estimate of drug-likeness (QED) is 0.766. The molecular formula is C15H25NO2. The van der Waals surface area contributed by atoms with Crippen LogP contribution in [0.1, 0.15) is 51.4 Å². The molecule has 102 valence electrons. The topological polar surface area (TPSA) is 38.3 Å². The summed E-state index contributed by atoms with van der Waals surface area (Å²) < 4.78 is 5.08. The van der Waals surface area contributed by atoms with Gasteiger partial charge in [-0.25, -0.2) is 0 Å². The fourth-order valence-corrected chi connectivity index (χ4v) is 4.62. The van der Waals surface area contributed by atoms with E-state index in [0.717, 1.165) is 12.3 Å². The Balaban J connectivity index is 1.78. The lowest BCUT2D eigenvalue weighted by Gasteiger charge is -2.41. The Morgan fingerprint density at radius 3 is 2.61 bits per heavy atom. The largest absolute Gasteiger partial charge is 0.469 e. The molecule has 2 bridgehead atoms. The predicted octanol–water partition coefficient (Wildman–Crippen LogP) is 2.50. The number of carbonyl (C=O) groups is 1. The van der Waals surface area contributed by atoms with Gasteiger partial charge in [0.1, 0.15) is 0 Å². The van der Waals surface area contributed by atoms with Gasteiger partial charge in [0.15, 0.2) is 0 Å². The third-order valence-electron chi connectivity index (χ3n) is 5.46. The number of carbonyl (C=O) groups excluding carboxylic acids is 1. The second-order valence-electron chi connectivity index (χ2n) is 6.39. The molecule has 18 heavy (non-hydrogen) atoms. The number of esters is 1. The number of ether oxygens (including phenoxy) is 1. The summed E-state index contributed by atoms with van der Waals surface area (Å²) in [6.07, 6.45) is 10.4. The van der Waals surface area contributed by atoms with Crippen molar-refractivity contribution in [2.45, 2.75) is 63.5 Å². The maximum absolute atomic E-state index is 12.1. The van der Waals surface area contributed by atoms with Gasteiger partial charge in [-0.05, 0) is 31.1 Å². The first-order valence-electron chi connectivity index (χ1n) is 7.63. The average Bonchev–Trinajstić information content (AvgIpc) is 2.80. The molecule has 2 saturated heterocycles. The van der Waals surface area contributed by atoms with E-state index in [2.05, 4.69) is 5.32 Å². The lowest BCUT2D eigenvalue weighted by Crippen LogP contribution is -2.51. The third-order valence-corrected chi connectivity index (χ3v) is 5.46. The van der Waals surface area contributed by atoms with Crippen LogP contribution in [0.3, 0.4) is 0 Å². The minimum Gasteiger partial charge on any atom is -0.469 e.